The van der Waals surface area contributed by atoms with Crippen LogP contribution in [0.3, 0.4) is 0 Å². The molecule has 3 aromatic rings. The maximum atomic E-state index is 13.6. The second kappa shape index (κ2) is 11.5. The molecule has 6 heteroatoms. The fourth-order valence-electron chi connectivity index (χ4n) is 4.94. The van der Waals surface area contributed by atoms with Crippen LogP contribution in [0.1, 0.15) is 76.7 Å². The van der Waals surface area contributed by atoms with Gasteiger partial charge in [0.1, 0.15) is 5.82 Å². The van der Waals surface area contributed by atoms with Crippen LogP contribution in [0.2, 0.25) is 0 Å². The molecule has 1 atom stereocenters. The number of rotatable bonds is 8. The number of nitrogens with one attached hydrogen (secondary N) is 1. The van der Waals surface area contributed by atoms with Gasteiger partial charge in [0.2, 0.25) is 0 Å². The largest absolute Gasteiger partial charge is 0.335 e. The Balaban J connectivity index is 1.73. The summed E-state index contributed by atoms with van der Waals surface area (Å²) in [4.78, 5) is 34.0. The summed E-state index contributed by atoms with van der Waals surface area (Å²) < 4.78 is 1.75. The van der Waals surface area contributed by atoms with E-state index in [1.807, 2.05) is 66.4 Å². The van der Waals surface area contributed by atoms with Crippen LogP contribution in [-0.4, -0.2) is 33.1 Å². The van der Waals surface area contributed by atoms with E-state index in [4.69, 9.17) is 4.98 Å². The van der Waals surface area contributed by atoms with Crippen LogP contribution in [0.5, 0.6) is 0 Å². The van der Waals surface area contributed by atoms with Crippen LogP contribution < -0.4 is 10.9 Å². The molecule has 2 aromatic carbocycles. The summed E-state index contributed by atoms with van der Waals surface area (Å²) in [5.74, 6) is 1.09. The van der Waals surface area contributed by atoms with Gasteiger partial charge in [0.15, 0.2) is 0 Å². The van der Waals surface area contributed by atoms with E-state index >= 15 is 0 Å². The molecule has 1 aliphatic carbocycles. The second-order valence-electron chi connectivity index (χ2n) is 10.2. The lowest BCUT2D eigenvalue weighted by Gasteiger charge is -2.33. The van der Waals surface area contributed by atoms with E-state index in [0.717, 1.165) is 37.7 Å². The van der Waals surface area contributed by atoms with Crippen molar-refractivity contribution >= 4 is 16.9 Å². The molecule has 1 aliphatic rings. The number of hydrogen-bond donors (Lipinski definition) is 1. The van der Waals surface area contributed by atoms with Gasteiger partial charge >= 0.3 is 6.03 Å². The van der Waals surface area contributed by atoms with Gasteiger partial charge < -0.3 is 10.2 Å². The summed E-state index contributed by atoms with van der Waals surface area (Å²) in [5, 5.41) is 3.88. The third-order valence-corrected chi connectivity index (χ3v) is 7.06. The Morgan fingerprint density at radius 3 is 2.43 bits per heavy atom. The lowest BCUT2D eigenvalue weighted by atomic mass is 9.96. The topological polar surface area (TPSA) is 67.2 Å². The van der Waals surface area contributed by atoms with Gasteiger partial charge in [-0.1, -0.05) is 75.6 Å². The minimum Gasteiger partial charge on any atom is -0.335 e. The Morgan fingerprint density at radius 1 is 1.03 bits per heavy atom. The lowest BCUT2D eigenvalue weighted by Crippen LogP contribution is -2.48. The number of carbonyl (C=O) groups excluding carboxylic acids is 1. The van der Waals surface area contributed by atoms with Crippen LogP contribution >= 0.6 is 0 Å². The summed E-state index contributed by atoms with van der Waals surface area (Å²) in [6.07, 6.45) is 6.52. The van der Waals surface area contributed by atoms with Gasteiger partial charge in [-0.25, -0.2) is 9.78 Å². The summed E-state index contributed by atoms with van der Waals surface area (Å²) in [5.41, 5.74) is 1.62. The molecular weight excluding hydrogens is 436 g/mol. The van der Waals surface area contributed by atoms with Crippen LogP contribution in [-0.2, 0) is 6.54 Å². The fourth-order valence-corrected chi connectivity index (χ4v) is 4.94. The summed E-state index contributed by atoms with van der Waals surface area (Å²) >= 11 is 0. The van der Waals surface area contributed by atoms with E-state index < -0.39 is 0 Å². The highest BCUT2D eigenvalue weighted by atomic mass is 16.2. The van der Waals surface area contributed by atoms with Crippen molar-refractivity contribution in [1.82, 2.24) is 19.8 Å². The predicted molar refractivity (Wildman–Crippen MR) is 142 cm³/mol. The van der Waals surface area contributed by atoms with Gasteiger partial charge in [-0.2, -0.15) is 0 Å². The van der Waals surface area contributed by atoms with E-state index in [0.29, 0.717) is 35.7 Å². The first kappa shape index (κ1) is 25.0. The Kier molecular flexibility index (Phi) is 8.21. The number of nitrogens with zero attached hydrogens (tertiary/aromatic N) is 3. The summed E-state index contributed by atoms with van der Waals surface area (Å²) in [6.45, 7) is 7.37. The monoisotopic (exact) mass is 474 g/mol. The van der Waals surface area contributed by atoms with E-state index in [-0.39, 0.29) is 23.7 Å². The van der Waals surface area contributed by atoms with E-state index in [9.17, 15) is 9.59 Å². The van der Waals surface area contributed by atoms with Crippen molar-refractivity contribution in [3.05, 3.63) is 76.3 Å². The van der Waals surface area contributed by atoms with Gasteiger partial charge in [-0.3, -0.25) is 9.36 Å². The predicted octanol–water partition coefficient (Wildman–Crippen LogP) is 5.90. The van der Waals surface area contributed by atoms with Gasteiger partial charge in [0.25, 0.3) is 5.56 Å². The molecule has 1 fully saturated rings. The molecule has 186 valence electrons. The van der Waals surface area contributed by atoms with E-state index in [1.165, 1.54) is 6.42 Å². The maximum absolute atomic E-state index is 13.6. The Labute approximate surface area is 208 Å². The Bertz CT molecular complexity index is 1180. The lowest BCUT2D eigenvalue weighted by molar-refractivity contribution is 0.164. The van der Waals surface area contributed by atoms with Crippen LogP contribution in [0.4, 0.5) is 4.79 Å². The first-order valence-electron chi connectivity index (χ1n) is 13.0. The van der Waals surface area contributed by atoms with Gasteiger partial charge in [0.05, 0.1) is 23.5 Å². The van der Waals surface area contributed by atoms with Crippen LogP contribution in [0, 0.1) is 5.92 Å². The van der Waals surface area contributed by atoms with Crippen LogP contribution in [0.25, 0.3) is 10.9 Å². The fraction of sp³-hybridized carbons (Fsp3) is 0.483. The highest BCUT2D eigenvalue weighted by molar-refractivity contribution is 5.78. The number of amides is 2. The van der Waals surface area contributed by atoms with E-state index in [1.54, 1.807) is 4.57 Å². The van der Waals surface area contributed by atoms with Gasteiger partial charge in [-0.05, 0) is 49.8 Å². The molecule has 35 heavy (non-hydrogen) atoms. The molecule has 2 amide bonds. The molecule has 0 radical (unpaired) electrons. The standard InChI is InChI=1S/C29H38N4O2/c1-21(2)18-19-32(29(35)30-24-14-8-5-9-15-24)22(3)27-31-26-17-11-10-16-25(26)28(34)33(27)20-23-12-6-4-7-13-23/h4,6-7,10-13,16-17,21-22,24H,5,8-9,14-15,18-20H2,1-3H3,(H,30,35). The molecule has 1 aromatic heterocycles. The highest BCUT2D eigenvalue weighted by Gasteiger charge is 2.28. The zero-order valence-electron chi connectivity index (χ0n) is 21.2. The molecule has 1 saturated carbocycles. The van der Waals surface area contributed by atoms with Gasteiger partial charge in [-0.15, -0.1) is 0 Å². The van der Waals surface area contributed by atoms with Crippen LogP contribution in [0.15, 0.2) is 59.4 Å². The van der Waals surface area contributed by atoms with Crippen molar-refractivity contribution in [1.29, 1.82) is 0 Å². The molecule has 0 bridgehead atoms. The second-order valence-corrected chi connectivity index (χ2v) is 10.2. The maximum Gasteiger partial charge on any atom is 0.318 e. The number of urea groups is 1. The first-order chi connectivity index (χ1) is 16.9. The molecule has 4 rings (SSSR count). The van der Waals surface area contributed by atoms with Crippen molar-refractivity contribution in [2.75, 3.05) is 6.54 Å². The third-order valence-electron chi connectivity index (χ3n) is 7.06. The van der Waals surface area contributed by atoms with E-state index in [2.05, 4.69) is 19.2 Å². The normalized spacial score (nSPS) is 15.3. The SMILES string of the molecule is CC(C)CCN(C(=O)NC1CCCCC1)C(C)c1nc2ccccc2c(=O)n1Cc1ccccc1. The van der Waals surface area contributed by atoms with Crippen molar-refractivity contribution in [3.63, 3.8) is 0 Å². The Morgan fingerprint density at radius 2 is 1.71 bits per heavy atom. The number of benzene rings is 2. The molecule has 1 unspecified atom stereocenters. The number of carbonyl (C=O) groups is 1. The molecule has 1 N–H and O–H groups in total. The van der Waals surface area contributed by atoms with Crippen molar-refractivity contribution in [2.45, 2.75) is 77.9 Å². The smallest absolute Gasteiger partial charge is 0.318 e. The average Bonchev–Trinajstić information content (AvgIpc) is 2.86. The summed E-state index contributed by atoms with van der Waals surface area (Å²) in [6, 6.07) is 17.2. The molecule has 0 aliphatic heterocycles. The van der Waals surface area contributed by atoms with Crippen molar-refractivity contribution in [2.24, 2.45) is 5.92 Å². The zero-order valence-corrected chi connectivity index (χ0v) is 21.2. The molecule has 6 nitrogen and oxygen atoms in total. The molecular formula is C29H38N4O2. The number of para-hydroxylation sites is 1. The van der Waals surface area contributed by atoms with Crippen molar-refractivity contribution in [3.8, 4) is 0 Å². The number of fused-ring (bicyclic) bond motifs is 1. The molecule has 1 heterocycles. The molecule has 0 spiro atoms. The Hall–Kier alpha value is -3.15. The first-order valence-corrected chi connectivity index (χ1v) is 13.0. The average molecular weight is 475 g/mol. The number of hydrogen-bond acceptors (Lipinski definition) is 3. The molecule has 0 saturated heterocycles. The van der Waals surface area contributed by atoms with Gasteiger partial charge in [0, 0.05) is 12.6 Å². The quantitative estimate of drug-likeness (QED) is 0.442. The zero-order chi connectivity index (χ0) is 24.8. The third kappa shape index (κ3) is 6.11. The number of aromatic nitrogens is 2. The minimum absolute atomic E-state index is 0.0567. The van der Waals surface area contributed by atoms with Crippen molar-refractivity contribution < 1.29 is 4.79 Å². The summed E-state index contributed by atoms with van der Waals surface area (Å²) in [7, 11) is 0. The highest BCUT2D eigenvalue weighted by Crippen LogP contribution is 2.24. The minimum atomic E-state index is -0.349.